The Hall–Kier alpha value is -1.65. The summed E-state index contributed by atoms with van der Waals surface area (Å²) in [7, 11) is 0. The summed E-state index contributed by atoms with van der Waals surface area (Å²) in [5, 5.41) is 17.8. The van der Waals surface area contributed by atoms with Gasteiger partial charge in [0, 0.05) is 6.42 Å². The molecule has 0 amide bonds. The van der Waals surface area contributed by atoms with Crippen LogP contribution in [0.1, 0.15) is 82.1 Å². The predicted octanol–water partition coefficient (Wildman–Crippen LogP) is 5.03. The molecule has 0 heterocycles. The largest absolute Gasteiger partial charge is 0.463 e. The molecule has 4 heteroatoms. The van der Waals surface area contributed by atoms with Gasteiger partial charge in [0.15, 0.2) is 0 Å². The van der Waals surface area contributed by atoms with Crippen molar-refractivity contribution < 1.29 is 30.7 Å². The second-order valence-electron chi connectivity index (χ2n) is 5.77. The number of hydrogen-bond acceptors (Lipinski definition) is 4. The van der Waals surface area contributed by atoms with Crippen molar-refractivity contribution in [1.29, 1.82) is 0 Å². The molecule has 0 aliphatic carbocycles. The third kappa shape index (κ3) is 20.5. The Morgan fingerprint density at radius 1 is 0.926 bits per heavy atom. The standard InChI is InChI=1S/C23H38O4/c1-2-3-4-5-6-7-8-9-10-11-12-13-14-15-16-17-18-19-23(26)27-21-22(25)20-24/h6-7,9-10,12-13,15-16,22,24-25H,2-5,8,11,14,17-21H2,1H3/b7-6+,10-9+,13-12+,16-15+/i6D,7D,9D,10D,12D,13D,15D,16D. The summed E-state index contributed by atoms with van der Waals surface area (Å²) in [6, 6.07) is -1.09. The molecule has 0 radical (unpaired) electrons. The highest BCUT2D eigenvalue weighted by Crippen LogP contribution is 2.02. The van der Waals surface area contributed by atoms with Crippen LogP contribution in [0, 0.1) is 0 Å². The minimum absolute atomic E-state index is 0.0267. The Balaban J connectivity index is 4.87. The fourth-order valence-electron chi connectivity index (χ4n) is 1.78. The van der Waals surface area contributed by atoms with E-state index in [0.717, 1.165) is 19.3 Å². The lowest BCUT2D eigenvalue weighted by atomic mass is 10.2. The molecule has 0 aromatic rings. The monoisotopic (exact) mass is 386 g/mol. The minimum atomic E-state index is -1.15. The van der Waals surface area contributed by atoms with E-state index in [1.807, 2.05) is 6.92 Å². The minimum Gasteiger partial charge on any atom is -0.463 e. The van der Waals surface area contributed by atoms with Crippen LogP contribution in [0.25, 0.3) is 0 Å². The van der Waals surface area contributed by atoms with Crippen molar-refractivity contribution in [3.8, 4) is 0 Å². The van der Waals surface area contributed by atoms with Gasteiger partial charge in [0.25, 0.3) is 0 Å². The van der Waals surface area contributed by atoms with Gasteiger partial charge >= 0.3 is 5.97 Å². The molecule has 0 fully saturated rings. The maximum atomic E-state index is 11.5. The molecular formula is C23H38O4. The number of unbranched alkanes of at least 4 members (excludes halogenated alkanes) is 2. The molecule has 1 unspecified atom stereocenters. The summed E-state index contributed by atoms with van der Waals surface area (Å²) >= 11 is 0. The molecule has 0 aliphatic heterocycles. The SMILES string of the molecule is [2H]/C(CCCCC)=C(/[2H])C/C([2H])=C(\[2H])C/C([2H])=C(\[2H])C/C([2H])=C(\[2H])CCCC(=O)OCC(O)CO. The summed E-state index contributed by atoms with van der Waals surface area (Å²) in [6.07, 6.45) is 1.57. The number of esters is 1. The van der Waals surface area contributed by atoms with Crippen molar-refractivity contribution >= 4 is 5.97 Å². The van der Waals surface area contributed by atoms with E-state index in [0.29, 0.717) is 6.42 Å². The molecule has 0 aliphatic rings. The first-order valence-corrected chi connectivity index (χ1v) is 9.48. The summed E-state index contributed by atoms with van der Waals surface area (Å²) < 4.78 is 68.4. The molecule has 4 nitrogen and oxygen atoms in total. The second kappa shape index (κ2) is 20.7. The van der Waals surface area contributed by atoms with Crippen molar-refractivity contribution in [3.05, 3.63) is 48.4 Å². The number of aliphatic hydroxyl groups excluding tert-OH is 2. The third-order valence-electron chi connectivity index (χ3n) is 3.27. The van der Waals surface area contributed by atoms with E-state index in [1.165, 1.54) is 0 Å². The normalized spacial score (nSPS) is 20.6. The number of allylic oxidation sites excluding steroid dienone is 8. The Kier molecular flexibility index (Phi) is 11.0. The van der Waals surface area contributed by atoms with Gasteiger partial charge in [0.1, 0.15) is 12.7 Å². The van der Waals surface area contributed by atoms with Crippen molar-refractivity contribution in [2.24, 2.45) is 0 Å². The molecule has 0 rings (SSSR count). The van der Waals surface area contributed by atoms with Crippen LogP contribution in [0.4, 0.5) is 0 Å². The van der Waals surface area contributed by atoms with E-state index >= 15 is 0 Å². The first-order chi connectivity index (χ1) is 16.4. The van der Waals surface area contributed by atoms with E-state index in [2.05, 4.69) is 0 Å². The molecule has 0 aromatic heterocycles. The van der Waals surface area contributed by atoms with E-state index in [9.17, 15) is 4.79 Å². The van der Waals surface area contributed by atoms with Crippen LogP contribution in [-0.2, 0) is 9.53 Å². The van der Waals surface area contributed by atoms with Crippen LogP contribution in [-0.4, -0.2) is 35.5 Å². The zero-order valence-electron chi connectivity index (χ0n) is 24.3. The lowest BCUT2D eigenvalue weighted by molar-refractivity contribution is -0.147. The highest BCUT2D eigenvalue weighted by Gasteiger charge is 2.06. The van der Waals surface area contributed by atoms with Gasteiger partial charge < -0.3 is 14.9 Å². The predicted molar refractivity (Wildman–Crippen MR) is 112 cm³/mol. The quantitative estimate of drug-likeness (QED) is 0.209. The first kappa shape index (κ1) is 14.4. The Morgan fingerprint density at radius 2 is 1.44 bits per heavy atom. The van der Waals surface area contributed by atoms with Gasteiger partial charge in [-0.3, -0.25) is 4.79 Å². The van der Waals surface area contributed by atoms with Crippen molar-refractivity contribution in [3.63, 3.8) is 0 Å². The molecular weight excluding hydrogens is 340 g/mol. The van der Waals surface area contributed by atoms with Crippen LogP contribution in [0.15, 0.2) is 48.4 Å². The summed E-state index contributed by atoms with van der Waals surface area (Å²) in [5.41, 5.74) is 0. The molecule has 0 spiro atoms. The van der Waals surface area contributed by atoms with Crippen molar-refractivity contribution in [2.45, 2.75) is 77.2 Å². The van der Waals surface area contributed by atoms with Crippen LogP contribution in [0.5, 0.6) is 0 Å². The molecule has 2 N–H and O–H groups in total. The number of hydrogen-bond donors (Lipinski definition) is 2. The lowest BCUT2D eigenvalue weighted by Crippen LogP contribution is -2.21. The smallest absolute Gasteiger partial charge is 0.305 e. The number of carbonyl (C=O) groups excluding carboxylic acids is 1. The number of aliphatic hydroxyl groups is 2. The van der Waals surface area contributed by atoms with Gasteiger partial charge in [-0.25, -0.2) is 0 Å². The Morgan fingerprint density at radius 3 is 1.96 bits per heavy atom. The zero-order chi connectivity index (χ0) is 27.0. The third-order valence-corrected chi connectivity index (χ3v) is 3.27. The average molecular weight is 387 g/mol. The Labute approximate surface area is 176 Å². The van der Waals surface area contributed by atoms with E-state index in [4.69, 9.17) is 25.9 Å². The summed E-state index contributed by atoms with van der Waals surface area (Å²) in [5.74, 6) is -0.600. The topological polar surface area (TPSA) is 66.8 Å². The molecule has 0 bridgehead atoms. The molecule has 0 aromatic carbocycles. The Bertz CT molecular complexity index is 805. The van der Waals surface area contributed by atoms with E-state index in [-0.39, 0.29) is 93.5 Å². The molecule has 154 valence electrons. The second-order valence-corrected chi connectivity index (χ2v) is 5.77. The molecule has 27 heavy (non-hydrogen) atoms. The number of ether oxygens (including phenoxy) is 1. The van der Waals surface area contributed by atoms with E-state index in [1.54, 1.807) is 0 Å². The van der Waals surface area contributed by atoms with Crippen LogP contribution >= 0.6 is 0 Å². The highest BCUT2D eigenvalue weighted by atomic mass is 16.5. The van der Waals surface area contributed by atoms with Gasteiger partial charge in [0.2, 0.25) is 0 Å². The van der Waals surface area contributed by atoms with Crippen molar-refractivity contribution in [2.75, 3.05) is 13.2 Å². The molecule has 0 saturated heterocycles. The van der Waals surface area contributed by atoms with Crippen molar-refractivity contribution in [1.82, 2.24) is 0 Å². The van der Waals surface area contributed by atoms with Crippen LogP contribution < -0.4 is 0 Å². The van der Waals surface area contributed by atoms with Gasteiger partial charge in [-0.2, -0.15) is 0 Å². The fraction of sp³-hybridized carbons (Fsp3) is 0.609. The maximum Gasteiger partial charge on any atom is 0.305 e. The zero-order valence-corrected chi connectivity index (χ0v) is 16.3. The lowest BCUT2D eigenvalue weighted by Gasteiger charge is -2.07. The van der Waals surface area contributed by atoms with Gasteiger partial charge in [0.05, 0.1) is 17.6 Å². The van der Waals surface area contributed by atoms with Crippen LogP contribution in [0.2, 0.25) is 0 Å². The van der Waals surface area contributed by atoms with E-state index < -0.39 is 18.7 Å². The van der Waals surface area contributed by atoms with Gasteiger partial charge in [-0.1, -0.05) is 68.2 Å². The van der Waals surface area contributed by atoms with Gasteiger partial charge in [-0.15, -0.1) is 0 Å². The van der Waals surface area contributed by atoms with Crippen LogP contribution in [0.3, 0.4) is 0 Å². The highest BCUT2D eigenvalue weighted by molar-refractivity contribution is 5.69. The fourth-order valence-corrected chi connectivity index (χ4v) is 1.78. The molecule has 1 atom stereocenters. The van der Waals surface area contributed by atoms with Gasteiger partial charge in [-0.05, 0) is 44.9 Å². The maximum absolute atomic E-state index is 11.5. The summed E-state index contributed by atoms with van der Waals surface area (Å²) in [6.45, 7) is 1.19. The number of carbonyl (C=O) groups is 1. The number of rotatable bonds is 17. The average Bonchev–Trinajstić information content (AvgIpc) is 2.81. The first-order valence-electron chi connectivity index (χ1n) is 13.5. The molecule has 0 saturated carbocycles. The summed E-state index contributed by atoms with van der Waals surface area (Å²) in [4.78, 5) is 11.5.